The molecule has 2 heterocycles. The molecule has 0 unspecified atom stereocenters. The van der Waals surface area contributed by atoms with Gasteiger partial charge in [-0.2, -0.15) is 29.9 Å². The number of hydrogen-bond acceptors (Lipinski definition) is 28. The first-order chi connectivity index (χ1) is 34.0. The van der Waals surface area contributed by atoms with E-state index in [2.05, 4.69) is 51.2 Å². The van der Waals surface area contributed by atoms with Gasteiger partial charge in [0.1, 0.15) is 40.5 Å². The normalized spacial score (nSPS) is 11.5. The van der Waals surface area contributed by atoms with Crippen molar-refractivity contribution < 1.29 is 191 Å². The predicted octanol–water partition coefficient (Wildman–Crippen LogP) is -11.6. The third-order valence-electron chi connectivity index (χ3n) is 9.61. The fourth-order valence-corrected chi connectivity index (χ4v) is 8.71. The standard InChI is InChI=1S/C40H44N12O16S4.4Na/c53-19-15-51(16-20-54)39-47-35(41-27-7-11-31(12-8-27)69(57,58)59)45-37(49-39)43-29-5-3-25(33(23-29)71(63,64)65)1-2-26-4-6-30(24-34(26)72(66,67)68)44-38-46-36(48-40(50-38)52(17-21-55)18-22-56)42-28-9-13-32(14-10-28)70(60,61)62;;;;/h1-14,23-24,53-56H,15-22H2,(H,57,58,59)(H,60,61,62)(H,63,64,65)(H,66,67,68)(H2,41,43,45,47,49)(H2,42,44,46,48,50);;;;/q;4*+1/p-4. The van der Waals surface area contributed by atoms with E-state index in [9.17, 15) is 72.3 Å². The molecule has 0 aliphatic heterocycles. The number of aromatic nitrogens is 6. The van der Waals surface area contributed by atoms with Gasteiger partial charge in [0, 0.05) is 48.9 Å². The Bertz CT molecular complexity index is 3180. The number of anilines is 10. The number of rotatable bonds is 24. The average Bonchev–Trinajstić information content (AvgIpc) is 3.30. The Kier molecular flexibility index (Phi) is 27.7. The molecule has 0 radical (unpaired) electrons. The van der Waals surface area contributed by atoms with Gasteiger partial charge in [-0.25, -0.2) is 33.7 Å². The van der Waals surface area contributed by atoms with Crippen LogP contribution in [-0.2, 0) is 40.5 Å². The first kappa shape index (κ1) is 69.0. The molecule has 0 atom stereocenters. The number of hydrogen-bond donors (Lipinski definition) is 8. The molecule has 0 saturated carbocycles. The summed E-state index contributed by atoms with van der Waals surface area (Å²) in [5, 5.41) is 49.6. The van der Waals surface area contributed by atoms with Gasteiger partial charge in [0.2, 0.25) is 35.7 Å². The summed E-state index contributed by atoms with van der Waals surface area (Å²) in [5.41, 5.74) is -0.253. The van der Waals surface area contributed by atoms with Gasteiger partial charge in [-0.3, -0.25) is 0 Å². The van der Waals surface area contributed by atoms with Gasteiger partial charge in [0.05, 0.1) is 46.0 Å². The Balaban J connectivity index is 0.00000494. The van der Waals surface area contributed by atoms with Crippen LogP contribution >= 0.6 is 0 Å². The third-order valence-corrected chi connectivity index (χ3v) is 13.1. The number of benzene rings is 4. The minimum Gasteiger partial charge on any atom is -0.744 e. The molecule has 0 bridgehead atoms. The average molecular weight is 1170 g/mol. The van der Waals surface area contributed by atoms with Crippen molar-refractivity contribution in [2.45, 2.75) is 19.6 Å². The van der Waals surface area contributed by atoms with Crippen LogP contribution in [0.25, 0.3) is 12.2 Å². The molecule has 6 rings (SSSR count). The van der Waals surface area contributed by atoms with E-state index in [0.717, 1.165) is 48.6 Å². The van der Waals surface area contributed by atoms with Crippen LogP contribution in [0.2, 0.25) is 0 Å². The van der Waals surface area contributed by atoms with Gasteiger partial charge in [-0.15, -0.1) is 0 Å². The molecule has 0 spiro atoms. The Morgan fingerprint density at radius 1 is 0.395 bits per heavy atom. The number of aliphatic hydroxyl groups is 4. The van der Waals surface area contributed by atoms with Crippen molar-refractivity contribution in [2.75, 3.05) is 83.7 Å². The Hall–Kier alpha value is -3.08. The van der Waals surface area contributed by atoms with Crippen molar-refractivity contribution in [3.05, 3.63) is 96.1 Å². The third kappa shape index (κ3) is 19.9. The molecular formula is C40H40N12Na4O16S4. The minimum absolute atomic E-state index is 0. The number of aliphatic hydroxyl groups excluding tert-OH is 4. The van der Waals surface area contributed by atoms with E-state index in [0.29, 0.717) is 0 Å². The van der Waals surface area contributed by atoms with Crippen molar-refractivity contribution in [2.24, 2.45) is 0 Å². The molecule has 8 N–H and O–H groups in total. The van der Waals surface area contributed by atoms with E-state index in [4.69, 9.17) is 0 Å². The summed E-state index contributed by atoms with van der Waals surface area (Å²) in [6, 6.07) is 15.9. The zero-order valence-electron chi connectivity index (χ0n) is 40.8. The fraction of sp³-hybridized carbons (Fsp3) is 0.200. The zero-order chi connectivity index (χ0) is 52.4. The minimum atomic E-state index is -5.30. The summed E-state index contributed by atoms with van der Waals surface area (Å²) >= 11 is 0. The molecule has 6 aromatic rings. The van der Waals surface area contributed by atoms with E-state index in [-0.39, 0.29) is 214 Å². The van der Waals surface area contributed by atoms with E-state index < -0.39 is 86.5 Å². The van der Waals surface area contributed by atoms with Crippen LogP contribution in [0, 0.1) is 0 Å². The summed E-state index contributed by atoms with van der Waals surface area (Å²) in [5.74, 6) is -1.12. The Morgan fingerprint density at radius 3 is 0.908 bits per heavy atom. The number of nitrogens with one attached hydrogen (secondary N) is 4. The molecule has 28 nitrogen and oxygen atoms in total. The van der Waals surface area contributed by atoms with E-state index in [1.54, 1.807) is 0 Å². The maximum atomic E-state index is 12.6. The van der Waals surface area contributed by atoms with Crippen LogP contribution in [0.15, 0.2) is 105 Å². The summed E-state index contributed by atoms with van der Waals surface area (Å²) in [7, 11) is -20.1. The molecule has 0 fully saturated rings. The van der Waals surface area contributed by atoms with Crippen LogP contribution in [0.5, 0.6) is 0 Å². The maximum Gasteiger partial charge on any atom is 1.00 e. The van der Waals surface area contributed by atoms with Crippen LogP contribution < -0.4 is 149 Å². The SMILES string of the molecule is O=S(=O)([O-])c1ccc(Nc2nc(Nc3ccc(C=Cc4ccc(Nc5nc(Nc6ccc(S(=O)(=O)[O-])cc6)nc(N(CCO)CCO)n5)cc4S(=O)(=O)[O-])c(S(=O)(=O)[O-])c3)nc(N(CCO)CCO)n2)cc1.[Na+].[Na+].[Na+].[Na+]. The molecule has 0 aliphatic rings. The van der Waals surface area contributed by atoms with E-state index in [1.807, 2.05) is 0 Å². The maximum absolute atomic E-state index is 12.6. The molecule has 0 saturated heterocycles. The van der Waals surface area contributed by atoms with Crippen LogP contribution in [0.1, 0.15) is 11.1 Å². The predicted molar refractivity (Wildman–Crippen MR) is 252 cm³/mol. The molecule has 36 heteroatoms. The van der Waals surface area contributed by atoms with Crippen molar-refractivity contribution in [3.8, 4) is 0 Å². The van der Waals surface area contributed by atoms with E-state index >= 15 is 0 Å². The Labute approximate surface area is 524 Å². The molecule has 2 aromatic heterocycles. The van der Waals surface area contributed by atoms with Crippen molar-refractivity contribution in [1.82, 2.24) is 29.9 Å². The molecular weight excluding hydrogens is 1120 g/mol. The second-order valence-electron chi connectivity index (χ2n) is 14.6. The monoisotopic (exact) mass is 1160 g/mol. The van der Waals surface area contributed by atoms with Crippen LogP contribution in [0.4, 0.5) is 58.4 Å². The second-order valence-corrected chi connectivity index (χ2v) is 20.1. The second kappa shape index (κ2) is 30.5. The van der Waals surface area contributed by atoms with E-state index in [1.165, 1.54) is 58.3 Å². The molecule has 0 amide bonds. The Morgan fingerprint density at radius 2 is 0.658 bits per heavy atom. The summed E-state index contributed by atoms with van der Waals surface area (Å²) in [6.45, 7) is -1.84. The number of nitrogens with zero attached hydrogens (tertiary/aromatic N) is 8. The largest absolute Gasteiger partial charge is 1.00 e. The van der Waals surface area contributed by atoms with Crippen LogP contribution in [0.3, 0.4) is 0 Å². The fourth-order valence-electron chi connectivity index (χ4n) is 6.38. The smallest absolute Gasteiger partial charge is 0.744 e. The first-order valence-corrected chi connectivity index (χ1v) is 26.1. The summed E-state index contributed by atoms with van der Waals surface area (Å²) in [4.78, 5) is 25.7. The molecule has 384 valence electrons. The van der Waals surface area contributed by atoms with Gasteiger partial charge in [0.25, 0.3) is 0 Å². The first-order valence-electron chi connectivity index (χ1n) is 20.5. The van der Waals surface area contributed by atoms with Gasteiger partial charge < -0.3 is 69.7 Å². The topological polar surface area (TPSA) is 442 Å². The summed E-state index contributed by atoms with van der Waals surface area (Å²) < 4.78 is 144. The molecule has 0 aliphatic carbocycles. The van der Waals surface area contributed by atoms with Crippen molar-refractivity contribution in [3.63, 3.8) is 0 Å². The molecule has 76 heavy (non-hydrogen) atoms. The zero-order valence-corrected chi connectivity index (χ0v) is 52.1. The molecule has 4 aromatic carbocycles. The van der Waals surface area contributed by atoms with Crippen LogP contribution in [-0.4, -0.2) is 155 Å². The van der Waals surface area contributed by atoms with Gasteiger partial charge in [0.15, 0.2) is 0 Å². The van der Waals surface area contributed by atoms with Gasteiger partial charge in [-0.05, 0) is 83.9 Å². The summed E-state index contributed by atoms with van der Waals surface area (Å²) in [6.07, 6.45) is 2.12. The van der Waals surface area contributed by atoms with Crippen molar-refractivity contribution >= 4 is 111 Å². The quantitative estimate of drug-likeness (QED) is 0.0158. The van der Waals surface area contributed by atoms with Crippen molar-refractivity contribution in [1.29, 1.82) is 0 Å². The van der Waals surface area contributed by atoms with Gasteiger partial charge >= 0.3 is 118 Å². The van der Waals surface area contributed by atoms with Gasteiger partial charge in [-0.1, -0.05) is 24.3 Å².